The number of ketones is 2. The van der Waals surface area contributed by atoms with Crippen LogP contribution in [-0.2, 0) is 9.59 Å². The summed E-state index contributed by atoms with van der Waals surface area (Å²) >= 11 is 3.92. The number of aliphatic hydroxyl groups excluding tert-OH is 2. The molecule has 0 spiro atoms. The van der Waals surface area contributed by atoms with Crippen LogP contribution in [0.3, 0.4) is 0 Å². The molecule has 0 aromatic heterocycles. The molecule has 6 heteroatoms. The lowest BCUT2D eigenvalue weighted by molar-refractivity contribution is -0.141. The molecule has 0 aliphatic heterocycles. The zero-order valence-electron chi connectivity index (χ0n) is 15.9. The minimum absolute atomic E-state index is 0.0377. The number of halogens is 2. The van der Waals surface area contributed by atoms with Crippen LogP contribution in [0.5, 0.6) is 0 Å². The number of allylic oxidation sites excluding steroid dienone is 1. The van der Waals surface area contributed by atoms with E-state index in [0.717, 1.165) is 6.42 Å². The maximum atomic E-state index is 15.3. The highest BCUT2D eigenvalue weighted by Gasteiger charge is 2.70. The second-order valence-corrected chi connectivity index (χ2v) is 10.9. The minimum atomic E-state index is -1.20. The molecule has 150 valence electrons. The summed E-state index contributed by atoms with van der Waals surface area (Å²) in [7, 11) is 0. The van der Waals surface area contributed by atoms with Crippen molar-refractivity contribution in [2.24, 2.45) is 28.6 Å². The largest absolute Gasteiger partial charge is 0.392 e. The number of hydrogen-bond donors (Lipinski definition) is 2. The zero-order chi connectivity index (χ0) is 19.8. The van der Waals surface area contributed by atoms with Gasteiger partial charge in [0, 0.05) is 17.8 Å². The van der Waals surface area contributed by atoms with Crippen molar-refractivity contribution in [1.82, 2.24) is 0 Å². The van der Waals surface area contributed by atoms with Crippen molar-refractivity contribution in [2.45, 2.75) is 69.0 Å². The fraction of sp³-hybridized carbons (Fsp3) is 0.810. The van der Waals surface area contributed by atoms with Gasteiger partial charge in [-0.25, -0.2) is 4.39 Å². The first-order valence-corrected chi connectivity index (χ1v) is 10.8. The lowest BCUT2D eigenvalue weighted by Crippen LogP contribution is -2.68. The molecule has 27 heavy (non-hydrogen) atoms. The maximum Gasteiger partial charge on any atom is 0.161 e. The molecule has 4 nitrogen and oxygen atoms in total. The molecule has 3 fully saturated rings. The smallest absolute Gasteiger partial charge is 0.161 e. The highest BCUT2D eigenvalue weighted by Crippen LogP contribution is 2.71. The van der Waals surface area contributed by atoms with Crippen molar-refractivity contribution in [3.05, 3.63) is 11.6 Å². The van der Waals surface area contributed by atoms with E-state index < -0.39 is 34.0 Å². The van der Waals surface area contributed by atoms with E-state index in [1.807, 2.05) is 13.8 Å². The quantitative estimate of drug-likeness (QED) is 0.644. The molecule has 0 aromatic rings. The Labute approximate surface area is 167 Å². The number of hydrogen-bond acceptors (Lipinski definition) is 4. The van der Waals surface area contributed by atoms with Crippen molar-refractivity contribution in [2.75, 3.05) is 6.61 Å². The van der Waals surface area contributed by atoms with E-state index in [1.165, 1.54) is 6.08 Å². The predicted octanol–water partition coefficient (Wildman–Crippen LogP) is 3.13. The van der Waals surface area contributed by atoms with Crippen LogP contribution >= 0.6 is 15.9 Å². The lowest BCUT2D eigenvalue weighted by atomic mass is 9.45. The average molecular weight is 443 g/mol. The van der Waals surface area contributed by atoms with Crippen LogP contribution in [0.15, 0.2) is 11.6 Å². The van der Waals surface area contributed by atoms with Crippen LogP contribution in [0.25, 0.3) is 0 Å². The number of rotatable bonds is 2. The Morgan fingerprint density at radius 3 is 2.70 bits per heavy atom. The first kappa shape index (κ1) is 19.7. The van der Waals surface area contributed by atoms with E-state index in [-0.39, 0.29) is 35.7 Å². The Morgan fingerprint density at radius 1 is 1.33 bits per heavy atom. The fourth-order valence-corrected chi connectivity index (χ4v) is 8.29. The summed E-state index contributed by atoms with van der Waals surface area (Å²) in [5, 5.41) is 20.7. The Morgan fingerprint density at radius 2 is 2.04 bits per heavy atom. The normalized spacial score (nSPS) is 51.9. The third-order valence-electron chi connectivity index (χ3n) is 8.57. The maximum absolute atomic E-state index is 15.3. The van der Waals surface area contributed by atoms with Gasteiger partial charge < -0.3 is 10.2 Å². The number of carbonyl (C=O) groups excluding carboxylic acids is 2. The lowest BCUT2D eigenvalue weighted by Gasteiger charge is -2.65. The number of fused-ring (bicyclic) bond motifs is 5. The van der Waals surface area contributed by atoms with Crippen LogP contribution < -0.4 is 0 Å². The molecule has 8 atom stereocenters. The molecular formula is C21H28BrFO4. The van der Waals surface area contributed by atoms with Crippen LogP contribution in [0, 0.1) is 28.6 Å². The van der Waals surface area contributed by atoms with Crippen LogP contribution in [0.2, 0.25) is 0 Å². The van der Waals surface area contributed by atoms with Gasteiger partial charge in [-0.3, -0.25) is 9.59 Å². The molecule has 0 amide bonds. The monoisotopic (exact) mass is 442 g/mol. The first-order valence-electron chi connectivity index (χ1n) is 9.99. The van der Waals surface area contributed by atoms with Gasteiger partial charge in [0.2, 0.25) is 0 Å². The zero-order valence-corrected chi connectivity index (χ0v) is 17.5. The van der Waals surface area contributed by atoms with Gasteiger partial charge in [-0.1, -0.05) is 29.8 Å². The topological polar surface area (TPSA) is 74.6 Å². The van der Waals surface area contributed by atoms with Gasteiger partial charge in [-0.15, -0.1) is 0 Å². The molecule has 0 radical (unpaired) electrons. The van der Waals surface area contributed by atoms with E-state index in [4.69, 9.17) is 0 Å². The van der Waals surface area contributed by atoms with Crippen molar-refractivity contribution in [1.29, 1.82) is 0 Å². The van der Waals surface area contributed by atoms with Gasteiger partial charge in [0.1, 0.15) is 12.8 Å². The molecule has 0 aromatic carbocycles. The molecule has 4 rings (SSSR count). The SMILES string of the molecule is C[C@]12C[C@H](O)[C@@]3(Br)[C@@H](C[C@H](F)C4=CC(=O)CC[C@@]43C)[C@@H]1CC[C@@H]2C(=O)CO. The molecule has 4 aliphatic rings. The van der Waals surface area contributed by atoms with Crippen molar-refractivity contribution in [3.8, 4) is 0 Å². The molecule has 3 saturated carbocycles. The van der Waals surface area contributed by atoms with Crippen molar-refractivity contribution in [3.63, 3.8) is 0 Å². The summed E-state index contributed by atoms with van der Waals surface area (Å²) in [5.74, 6) is -0.501. The fourth-order valence-electron chi connectivity index (χ4n) is 7.20. The van der Waals surface area contributed by atoms with Crippen LogP contribution in [0.4, 0.5) is 4.39 Å². The van der Waals surface area contributed by atoms with E-state index in [0.29, 0.717) is 31.3 Å². The van der Waals surface area contributed by atoms with Gasteiger partial charge in [-0.2, -0.15) is 0 Å². The number of alkyl halides is 2. The summed E-state index contributed by atoms with van der Waals surface area (Å²) in [6, 6.07) is 0. The third kappa shape index (κ3) is 2.39. The van der Waals surface area contributed by atoms with Gasteiger partial charge in [0.15, 0.2) is 11.6 Å². The number of carbonyl (C=O) groups is 2. The van der Waals surface area contributed by atoms with Crippen molar-refractivity contribution < 1.29 is 24.2 Å². The Kier molecular flexibility index (Phi) is 4.53. The van der Waals surface area contributed by atoms with Gasteiger partial charge in [0.25, 0.3) is 0 Å². The van der Waals surface area contributed by atoms with Gasteiger partial charge in [0.05, 0.1) is 10.4 Å². The Balaban J connectivity index is 1.80. The standard InChI is InChI=1S/C21H28BrFO4/c1-19-9-18(27)21(22)14(12(19)3-4-13(19)17(26)10-24)8-16(23)15-7-11(25)5-6-20(15,21)2/h7,12-14,16,18,24,27H,3-6,8-10H2,1-2H3/t12-,13+,14-,16-,18-,19-,20-,21-/m0/s1. The molecule has 0 heterocycles. The summed E-state index contributed by atoms with van der Waals surface area (Å²) < 4.78 is 14.6. The number of Topliss-reactive ketones (excluding diaryl/α,β-unsaturated/α-hetero) is 1. The molecule has 2 N–H and O–H groups in total. The molecule has 0 bridgehead atoms. The highest BCUT2D eigenvalue weighted by molar-refractivity contribution is 9.10. The van der Waals surface area contributed by atoms with E-state index >= 15 is 4.39 Å². The second-order valence-electron chi connectivity index (χ2n) is 9.56. The summed E-state index contributed by atoms with van der Waals surface area (Å²) in [6.45, 7) is 3.53. The highest BCUT2D eigenvalue weighted by atomic mass is 79.9. The Hall–Kier alpha value is -0.590. The van der Waals surface area contributed by atoms with Crippen molar-refractivity contribution >= 4 is 27.5 Å². The second kappa shape index (κ2) is 6.20. The molecular weight excluding hydrogens is 415 g/mol. The third-order valence-corrected chi connectivity index (χ3v) is 10.6. The predicted molar refractivity (Wildman–Crippen MR) is 102 cm³/mol. The van der Waals surface area contributed by atoms with Gasteiger partial charge >= 0.3 is 0 Å². The number of aliphatic hydroxyl groups is 2. The van der Waals surface area contributed by atoms with Gasteiger partial charge in [-0.05, 0) is 61.0 Å². The van der Waals surface area contributed by atoms with Crippen LogP contribution in [-0.4, -0.2) is 45.0 Å². The Bertz CT molecular complexity index is 723. The van der Waals surface area contributed by atoms with E-state index in [1.54, 1.807) is 0 Å². The average Bonchev–Trinajstić information content (AvgIpc) is 2.95. The first-order chi connectivity index (χ1) is 12.6. The summed E-state index contributed by atoms with van der Waals surface area (Å²) in [5.41, 5.74) is -0.526. The van der Waals surface area contributed by atoms with E-state index in [9.17, 15) is 19.8 Å². The molecule has 4 aliphatic carbocycles. The minimum Gasteiger partial charge on any atom is -0.392 e. The van der Waals surface area contributed by atoms with Crippen LogP contribution in [0.1, 0.15) is 52.4 Å². The summed E-state index contributed by atoms with van der Waals surface area (Å²) in [6.07, 6.45) is 2.62. The molecule has 0 unspecified atom stereocenters. The van der Waals surface area contributed by atoms with E-state index in [2.05, 4.69) is 15.9 Å². The molecule has 0 saturated heterocycles. The summed E-state index contributed by atoms with van der Waals surface area (Å²) in [4.78, 5) is 24.3.